The minimum Gasteiger partial charge on any atom is -0.476 e. The summed E-state index contributed by atoms with van der Waals surface area (Å²) in [4.78, 5) is 68.1. The molecule has 0 unspecified atom stereocenters. The van der Waals surface area contributed by atoms with E-state index in [9.17, 15) is 24.0 Å². The molecule has 0 bridgehead atoms. The first-order valence-corrected chi connectivity index (χ1v) is 12.3. The van der Waals surface area contributed by atoms with Crippen LogP contribution < -0.4 is 14.9 Å². The predicted molar refractivity (Wildman–Crippen MR) is 128 cm³/mol. The molecule has 0 spiro atoms. The molecule has 1 aliphatic heterocycles. The van der Waals surface area contributed by atoms with Crippen LogP contribution in [0.3, 0.4) is 0 Å². The van der Waals surface area contributed by atoms with Gasteiger partial charge in [-0.05, 0) is 6.42 Å². The van der Waals surface area contributed by atoms with E-state index < -0.39 is 53.2 Å². The Bertz CT molecular complexity index is 1240. The summed E-state index contributed by atoms with van der Waals surface area (Å²) in [5.74, 6) is -2.53. The first-order valence-electron chi connectivity index (χ1n) is 11.5. The molecule has 1 fully saturated rings. The van der Waals surface area contributed by atoms with Gasteiger partial charge in [-0.25, -0.2) is 0 Å². The Hall–Kier alpha value is -3.59. The Morgan fingerprint density at radius 2 is 1.70 bits per heavy atom. The van der Waals surface area contributed by atoms with Crippen molar-refractivity contribution in [2.45, 2.75) is 72.0 Å². The van der Waals surface area contributed by atoms with Crippen molar-refractivity contribution in [2.24, 2.45) is 0 Å². The molecule has 1 N–H and O–H groups in total. The van der Waals surface area contributed by atoms with E-state index in [1.807, 2.05) is 6.92 Å². The molecule has 15 heteroatoms. The van der Waals surface area contributed by atoms with Crippen LogP contribution in [-0.2, 0) is 38.1 Å². The lowest BCUT2D eigenvalue weighted by molar-refractivity contribution is -0.166. The Balaban J connectivity index is 2.15. The van der Waals surface area contributed by atoms with Crippen LogP contribution in [0.5, 0.6) is 5.88 Å². The second-order valence-electron chi connectivity index (χ2n) is 8.14. The van der Waals surface area contributed by atoms with Gasteiger partial charge < -0.3 is 23.7 Å². The zero-order valence-electron chi connectivity index (χ0n) is 21.0. The van der Waals surface area contributed by atoms with Gasteiger partial charge >= 0.3 is 22.8 Å². The van der Waals surface area contributed by atoms with Gasteiger partial charge in [0.15, 0.2) is 24.1 Å². The van der Waals surface area contributed by atoms with Gasteiger partial charge in [0.1, 0.15) is 17.4 Å². The third kappa shape index (κ3) is 6.80. The van der Waals surface area contributed by atoms with Crippen molar-refractivity contribution < 1.29 is 42.9 Å². The third-order valence-corrected chi connectivity index (χ3v) is 5.98. The predicted octanol–water partition coefficient (Wildman–Crippen LogP) is 1.31. The molecular weight excluding hydrogens is 512 g/mol. The highest BCUT2D eigenvalue weighted by Crippen LogP contribution is 2.37. The molecule has 0 aromatic carbocycles. The number of fused-ring (bicyclic) bond motifs is 1. The average molecular weight is 541 g/mol. The number of nitrogens with one attached hydrogen (secondary N) is 1. The summed E-state index contributed by atoms with van der Waals surface area (Å²) >= 11 is 0.764. The number of carbonyl (C=O) groups excluding carboxylic acids is 4. The summed E-state index contributed by atoms with van der Waals surface area (Å²) < 4.78 is 28.9. The minimum absolute atomic E-state index is 0.0390. The van der Waals surface area contributed by atoms with Crippen molar-refractivity contribution in [3.8, 4) is 5.88 Å². The summed E-state index contributed by atoms with van der Waals surface area (Å²) in [5, 5.41) is 2.47. The van der Waals surface area contributed by atoms with Crippen molar-refractivity contribution in [3.63, 3.8) is 0 Å². The van der Waals surface area contributed by atoms with Gasteiger partial charge in [-0.3, -0.25) is 33.9 Å². The molecule has 1 aliphatic rings. The van der Waals surface area contributed by atoms with E-state index in [1.165, 1.54) is 13.8 Å². The van der Waals surface area contributed by atoms with Gasteiger partial charge in [-0.1, -0.05) is 24.7 Å². The molecular formula is C22H28N4O10S. The van der Waals surface area contributed by atoms with E-state index in [0.717, 1.165) is 42.6 Å². The Kier molecular flexibility index (Phi) is 9.15. The van der Waals surface area contributed by atoms with Crippen LogP contribution in [0.1, 0.15) is 53.7 Å². The summed E-state index contributed by atoms with van der Waals surface area (Å²) in [6.45, 7) is 6.71. The minimum atomic E-state index is -1.32. The molecule has 0 aliphatic carbocycles. The number of hydrogen-bond acceptors (Lipinski definition) is 13. The number of carbonyl (C=O) groups is 4. The van der Waals surface area contributed by atoms with E-state index in [4.69, 9.17) is 23.7 Å². The number of thiazole rings is 1. The molecule has 3 rings (SSSR count). The Labute approximate surface area is 215 Å². The van der Waals surface area contributed by atoms with Crippen molar-refractivity contribution in [1.82, 2.24) is 14.5 Å². The topological polar surface area (TPSA) is 174 Å². The number of rotatable bonds is 10. The molecule has 1 saturated heterocycles. The highest BCUT2D eigenvalue weighted by atomic mass is 32.1. The van der Waals surface area contributed by atoms with Crippen LogP contribution in [-0.4, -0.2) is 69.9 Å². The van der Waals surface area contributed by atoms with Crippen molar-refractivity contribution in [3.05, 3.63) is 9.67 Å². The number of hydrogen-bond donors (Lipinski definition) is 1. The number of ether oxygens (including phenoxy) is 5. The summed E-state index contributed by atoms with van der Waals surface area (Å²) in [5.41, 5.74) is 0.0390. The highest BCUT2D eigenvalue weighted by molar-refractivity contribution is 7.16. The van der Waals surface area contributed by atoms with Crippen LogP contribution in [0.15, 0.2) is 4.79 Å². The second kappa shape index (κ2) is 12.1. The average Bonchev–Trinajstić information content (AvgIpc) is 3.27. The molecule has 2 aromatic rings. The largest absolute Gasteiger partial charge is 0.476 e. The molecule has 4 atom stereocenters. The first kappa shape index (κ1) is 28.0. The maximum atomic E-state index is 13.2. The molecule has 2 aromatic heterocycles. The van der Waals surface area contributed by atoms with E-state index in [2.05, 4.69) is 15.3 Å². The van der Waals surface area contributed by atoms with Crippen molar-refractivity contribution in [2.75, 3.05) is 18.5 Å². The zero-order chi connectivity index (χ0) is 27.3. The first-order chi connectivity index (χ1) is 17.5. The SMILES string of the molecule is CCCCOc1nc(NC(C)=O)nc2c1sc(=O)n2[C@@H]1O[C@H](COC(C)=O)[C@@H](OC(C)=O)[C@H]1OC(C)=O. The number of amides is 1. The maximum absolute atomic E-state index is 13.2. The normalized spacial score (nSPS) is 20.9. The van der Waals surface area contributed by atoms with Crippen LogP contribution in [0.25, 0.3) is 10.3 Å². The smallest absolute Gasteiger partial charge is 0.311 e. The maximum Gasteiger partial charge on any atom is 0.311 e. The number of anilines is 1. The van der Waals surface area contributed by atoms with Gasteiger partial charge in [0, 0.05) is 27.7 Å². The molecule has 37 heavy (non-hydrogen) atoms. The van der Waals surface area contributed by atoms with Gasteiger partial charge in [0.2, 0.25) is 17.7 Å². The van der Waals surface area contributed by atoms with E-state index in [1.54, 1.807) is 0 Å². The van der Waals surface area contributed by atoms with Gasteiger partial charge in [0.05, 0.1) is 6.61 Å². The van der Waals surface area contributed by atoms with Gasteiger partial charge in [0.25, 0.3) is 0 Å². The Morgan fingerprint density at radius 3 is 2.30 bits per heavy atom. The fraction of sp³-hybridized carbons (Fsp3) is 0.591. The van der Waals surface area contributed by atoms with Crippen LogP contribution in [0, 0.1) is 0 Å². The molecule has 0 radical (unpaired) electrons. The fourth-order valence-corrected chi connectivity index (χ4v) is 4.53. The highest BCUT2D eigenvalue weighted by Gasteiger charge is 2.51. The molecule has 0 saturated carbocycles. The van der Waals surface area contributed by atoms with E-state index >= 15 is 0 Å². The van der Waals surface area contributed by atoms with Gasteiger partial charge in [-0.2, -0.15) is 9.97 Å². The van der Waals surface area contributed by atoms with Crippen molar-refractivity contribution in [1.29, 1.82) is 0 Å². The summed E-state index contributed by atoms with van der Waals surface area (Å²) in [7, 11) is 0. The van der Waals surface area contributed by atoms with Crippen LogP contribution in [0.2, 0.25) is 0 Å². The number of aromatic nitrogens is 3. The quantitative estimate of drug-likeness (QED) is 0.260. The summed E-state index contributed by atoms with van der Waals surface area (Å²) in [6, 6.07) is 0. The number of nitrogens with zero attached hydrogens (tertiary/aromatic N) is 3. The molecule has 1 amide bonds. The lowest BCUT2D eigenvalue weighted by atomic mass is 10.1. The molecule has 3 heterocycles. The standard InChI is InChI=1S/C22H28N4O10S/c1-6-7-8-32-19-17-18(24-21(25-19)23-10(2)27)26(22(31)37-17)20-16(35-13(5)30)15(34-12(4)29)14(36-20)9-33-11(3)28/h14-16,20H,6-9H2,1-5H3,(H,23,24,25,27)/t14-,15-,16-,20-/m1/s1. The monoisotopic (exact) mass is 540 g/mol. The van der Waals surface area contributed by atoms with Gasteiger partial charge in [-0.15, -0.1) is 0 Å². The van der Waals surface area contributed by atoms with Crippen molar-refractivity contribution >= 4 is 51.4 Å². The van der Waals surface area contributed by atoms with Crippen LogP contribution in [0.4, 0.5) is 5.95 Å². The lowest BCUT2D eigenvalue weighted by Gasteiger charge is -2.23. The zero-order valence-corrected chi connectivity index (χ0v) is 21.8. The number of esters is 3. The molecule has 14 nitrogen and oxygen atoms in total. The lowest BCUT2D eigenvalue weighted by Crippen LogP contribution is -2.41. The fourth-order valence-electron chi connectivity index (χ4n) is 3.64. The Morgan fingerprint density at radius 1 is 1.03 bits per heavy atom. The third-order valence-electron chi connectivity index (χ3n) is 5.05. The van der Waals surface area contributed by atoms with Crippen LogP contribution >= 0.6 is 11.3 Å². The summed E-state index contributed by atoms with van der Waals surface area (Å²) in [6.07, 6.45) is -3.31. The van der Waals surface area contributed by atoms with E-state index in [0.29, 0.717) is 6.61 Å². The molecule has 202 valence electrons. The number of unbranched alkanes of at least 4 members (excludes halogenated alkanes) is 1. The second-order valence-corrected chi connectivity index (χ2v) is 9.10. The van der Waals surface area contributed by atoms with E-state index in [-0.39, 0.29) is 28.8 Å².